The summed E-state index contributed by atoms with van der Waals surface area (Å²) < 4.78 is 1.13. The molecule has 1 aliphatic carbocycles. The van der Waals surface area contributed by atoms with Crippen molar-refractivity contribution in [1.29, 1.82) is 0 Å². The number of aliphatic hydroxyl groups is 1. The average molecular weight is 303 g/mol. The first kappa shape index (κ1) is 12.6. The number of halogens is 1. The van der Waals surface area contributed by atoms with Crippen LogP contribution in [0.1, 0.15) is 44.4 Å². The van der Waals surface area contributed by atoms with Gasteiger partial charge in [0.05, 0.1) is 5.60 Å². The lowest BCUT2D eigenvalue weighted by Crippen LogP contribution is -2.48. The van der Waals surface area contributed by atoms with Gasteiger partial charge in [0.1, 0.15) is 0 Å². The van der Waals surface area contributed by atoms with E-state index in [1.165, 1.54) is 11.3 Å². The molecule has 1 heterocycles. The maximum atomic E-state index is 10.9. The zero-order valence-electron chi connectivity index (χ0n) is 9.92. The summed E-state index contributed by atoms with van der Waals surface area (Å²) in [6.45, 7) is 4.41. The molecule has 0 amide bonds. The minimum absolute atomic E-state index is 0.0434. The molecule has 0 aliphatic heterocycles. The Morgan fingerprint density at radius 1 is 1.38 bits per heavy atom. The van der Waals surface area contributed by atoms with Crippen molar-refractivity contribution in [2.45, 2.75) is 51.6 Å². The molecule has 1 aliphatic rings. The summed E-state index contributed by atoms with van der Waals surface area (Å²) in [4.78, 5) is 1.28. The average Bonchev–Trinajstić information content (AvgIpc) is 2.57. The third-order valence-electron chi connectivity index (χ3n) is 3.99. The fraction of sp³-hybridized carbons (Fsp3) is 0.692. The van der Waals surface area contributed by atoms with Gasteiger partial charge in [-0.25, -0.2) is 0 Å². The molecule has 1 atom stereocenters. The zero-order chi connectivity index (χ0) is 11.8. The molecule has 90 valence electrons. The molecule has 0 bridgehead atoms. The second kappa shape index (κ2) is 4.43. The van der Waals surface area contributed by atoms with Gasteiger partial charge in [0, 0.05) is 21.2 Å². The highest BCUT2D eigenvalue weighted by atomic mass is 79.9. The van der Waals surface area contributed by atoms with E-state index in [4.69, 9.17) is 0 Å². The number of hydrogen-bond acceptors (Lipinski definition) is 2. The van der Waals surface area contributed by atoms with Gasteiger partial charge in [0.15, 0.2) is 0 Å². The fourth-order valence-electron chi connectivity index (χ4n) is 2.62. The highest BCUT2D eigenvalue weighted by Crippen LogP contribution is 2.46. The summed E-state index contributed by atoms with van der Waals surface area (Å²) in [6.07, 6.45) is 5.29. The van der Waals surface area contributed by atoms with Crippen molar-refractivity contribution < 1.29 is 5.11 Å². The van der Waals surface area contributed by atoms with Gasteiger partial charge in [0.25, 0.3) is 0 Å². The Hall–Kier alpha value is 0.140. The third-order valence-corrected chi connectivity index (χ3v) is 5.69. The molecule has 0 spiro atoms. The standard InChI is InChI=1S/C13H19BrOS/c1-12(2)5-3-4-6-13(12,15)8-11-7-10(14)9-16-11/h7,9,15H,3-6,8H2,1-2H3. The van der Waals surface area contributed by atoms with Crippen LogP contribution in [0.15, 0.2) is 15.9 Å². The first-order chi connectivity index (χ1) is 7.43. The summed E-state index contributed by atoms with van der Waals surface area (Å²) in [5.74, 6) is 0. The van der Waals surface area contributed by atoms with Gasteiger partial charge in [-0.15, -0.1) is 11.3 Å². The first-order valence-electron chi connectivity index (χ1n) is 5.88. The van der Waals surface area contributed by atoms with Gasteiger partial charge in [-0.1, -0.05) is 26.7 Å². The predicted molar refractivity (Wildman–Crippen MR) is 72.9 cm³/mol. The second-order valence-corrected chi connectivity index (χ2v) is 7.44. The van der Waals surface area contributed by atoms with Crippen molar-refractivity contribution >= 4 is 27.3 Å². The smallest absolute Gasteiger partial charge is 0.0746 e. The lowest BCUT2D eigenvalue weighted by Gasteiger charge is -2.46. The fourth-order valence-corrected chi connectivity index (χ4v) is 4.18. The molecule has 16 heavy (non-hydrogen) atoms. The van der Waals surface area contributed by atoms with E-state index in [2.05, 4.69) is 41.2 Å². The summed E-state index contributed by atoms with van der Waals surface area (Å²) in [5.41, 5.74) is -0.475. The van der Waals surface area contributed by atoms with Crippen LogP contribution >= 0.6 is 27.3 Å². The first-order valence-corrected chi connectivity index (χ1v) is 7.56. The third kappa shape index (κ3) is 2.36. The maximum Gasteiger partial charge on any atom is 0.0746 e. The summed E-state index contributed by atoms with van der Waals surface area (Å²) in [5, 5.41) is 12.9. The van der Waals surface area contributed by atoms with Crippen LogP contribution in [0.5, 0.6) is 0 Å². The van der Waals surface area contributed by atoms with Crippen LogP contribution in [-0.2, 0) is 6.42 Å². The molecule has 1 aromatic rings. The number of rotatable bonds is 2. The molecule has 0 radical (unpaired) electrons. The Kier molecular flexibility index (Phi) is 3.49. The molecule has 1 nitrogen and oxygen atoms in total. The topological polar surface area (TPSA) is 20.2 Å². The molecule has 2 rings (SSSR count). The van der Waals surface area contributed by atoms with E-state index in [1.807, 2.05) is 0 Å². The molecule has 1 fully saturated rings. The van der Waals surface area contributed by atoms with Crippen LogP contribution in [0, 0.1) is 5.41 Å². The summed E-state index contributed by atoms with van der Waals surface area (Å²) >= 11 is 5.21. The zero-order valence-corrected chi connectivity index (χ0v) is 12.3. The minimum atomic E-state index is -0.518. The molecule has 0 saturated heterocycles. The molecule has 1 unspecified atom stereocenters. The van der Waals surface area contributed by atoms with Crippen LogP contribution < -0.4 is 0 Å². The molecule has 3 heteroatoms. The van der Waals surface area contributed by atoms with E-state index in [-0.39, 0.29) is 5.41 Å². The van der Waals surface area contributed by atoms with Crippen LogP contribution in [0.3, 0.4) is 0 Å². The molecule has 1 N–H and O–H groups in total. The van der Waals surface area contributed by atoms with E-state index in [0.717, 1.165) is 30.2 Å². The quantitative estimate of drug-likeness (QED) is 0.859. The van der Waals surface area contributed by atoms with Crippen LogP contribution in [0.25, 0.3) is 0 Å². The Morgan fingerprint density at radius 3 is 2.62 bits per heavy atom. The van der Waals surface area contributed by atoms with E-state index in [0.29, 0.717) is 0 Å². The van der Waals surface area contributed by atoms with Gasteiger partial charge in [-0.05, 0) is 40.3 Å². The maximum absolute atomic E-state index is 10.9. The van der Waals surface area contributed by atoms with Crippen molar-refractivity contribution in [2.75, 3.05) is 0 Å². The number of thiophene rings is 1. The summed E-state index contributed by atoms with van der Waals surface area (Å²) in [6, 6.07) is 2.13. The highest BCUT2D eigenvalue weighted by Gasteiger charge is 2.45. The van der Waals surface area contributed by atoms with Gasteiger partial charge < -0.3 is 5.11 Å². The predicted octanol–water partition coefficient (Wildman–Crippen LogP) is 4.38. The Bertz CT molecular complexity index is 372. The molecular weight excluding hydrogens is 284 g/mol. The Morgan fingerprint density at radius 2 is 2.06 bits per heavy atom. The lowest BCUT2D eigenvalue weighted by molar-refractivity contribution is -0.0953. The van der Waals surface area contributed by atoms with Gasteiger partial charge in [-0.3, -0.25) is 0 Å². The summed E-state index contributed by atoms with van der Waals surface area (Å²) in [7, 11) is 0. The normalized spacial score (nSPS) is 29.2. The van der Waals surface area contributed by atoms with Crippen molar-refractivity contribution in [2.24, 2.45) is 5.41 Å². The molecular formula is C13H19BrOS. The van der Waals surface area contributed by atoms with Crippen molar-refractivity contribution in [1.82, 2.24) is 0 Å². The van der Waals surface area contributed by atoms with Crippen LogP contribution in [0.2, 0.25) is 0 Å². The monoisotopic (exact) mass is 302 g/mol. The van der Waals surface area contributed by atoms with Crippen molar-refractivity contribution in [3.8, 4) is 0 Å². The second-order valence-electron chi connectivity index (χ2n) is 5.53. The molecule has 1 saturated carbocycles. The SMILES string of the molecule is CC1(C)CCCCC1(O)Cc1cc(Br)cs1. The van der Waals surface area contributed by atoms with Crippen molar-refractivity contribution in [3.63, 3.8) is 0 Å². The van der Waals surface area contributed by atoms with E-state index >= 15 is 0 Å². The van der Waals surface area contributed by atoms with Gasteiger partial charge in [0.2, 0.25) is 0 Å². The van der Waals surface area contributed by atoms with Crippen LogP contribution in [-0.4, -0.2) is 10.7 Å². The Balaban J connectivity index is 2.17. The van der Waals surface area contributed by atoms with Crippen LogP contribution in [0.4, 0.5) is 0 Å². The van der Waals surface area contributed by atoms with E-state index < -0.39 is 5.60 Å². The van der Waals surface area contributed by atoms with E-state index in [1.54, 1.807) is 11.3 Å². The van der Waals surface area contributed by atoms with Gasteiger partial charge >= 0.3 is 0 Å². The van der Waals surface area contributed by atoms with Crippen molar-refractivity contribution in [3.05, 3.63) is 20.8 Å². The largest absolute Gasteiger partial charge is 0.389 e. The lowest BCUT2D eigenvalue weighted by atomic mass is 9.64. The van der Waals surface area contributed by atoms with E-state index in [9.17, 15) is 5.11 Å². The minimum Gasteiger partial charge on any atom is -0.389 e. The molecule has 1 aromatic heterocycles. The van der Waals surface area contributed by atoms with Gasteiger partial charge in [-0.2, -0.15) is 0 Å². The molecule has 0 aromatic carbocycles. The number of hydrogen-bond donors (Lipinski definition) is 1. The Labute approximate surface area is 110 Å². The highest BCUT2D eigenvalue weighted by molar-refractivity contribution is 9.10.